The van der Waals surface area contributed by atoms with Crippen molar-refractivity contribution in [1.82, 2.24) is 5.32 Å². The summed E-state index contributed by atoms with van der Waals surface area (Å²) in [6, 6.07) is -1.35. The average molecular weight is 215 g/mol. The third-order valence-corrected chi connectivity index (χ3v) is 1.53. The fourth-order valence-corrected chi connectivity index (χ4v) is 0.843. The van der Waals surface area contributed by atoms with E-state index in [0.717, 1.165) is 0 Å². The van der Waals surface area contributed by atoms with Crippen molar-refractivity contribution in [2.24, 2.45) is 0 Å². The van der Waals surface area contributed by atoms with E-state index in [4.69, 9.17) is 20.0 Å². The van der Waals surface area contributed by atoms with Gasteiger partial charge in [-0.25, -0.2) is 4.57 Å². The van der Waals surface area contributed by atoms with Crippen LogP contribution in [0.1, 0.15) is 0 Å². The van der Waals surface area contributed by atoms with E-state index < -0.39 is 33.2 Å². The number of phosphoric ester groups is 1. The number of hydrogen-bond donors (Lipinski definition) is 5. The highest BCUT2D eigenvalue weighted by molar-refractivity contribution is 7.46. The lowest BCUT2D eigenvalue weighted by Gasteiger charge is -2.12. The molecule has 0 fully saturated rings. The molecule has 78 valence electrons. The number of phosphoric acid groups is 1. The van der Waals surface area contributed by atoms with Crippen LogP contribution in [0.5, 0.6) is 0 Å². The summed E-state index contributed by atoms with van der Waals surface area (Å²) in [7, 11) is -4.67. The molecular weight excluding hydrogens is 205 g/mol. The van der Waals surface area contributed by atoms with Gasteiger partial charge in [0.1, 0.15) is 6.04 Å². The zero-order chi connectivity index (χ0) is 10.5. The molecule has 0 aliphatic heterocycles. The smallest absolute Gasteiger partial charge is 0.469 e. The summed E-state index contributed by atoms with van der Waals surface area (Å²) >= 11 is 0. The first-order valence-electron chi connectivity index (χ1n) is 3.14. The van der Waals surface area contributed by atoms with Gasteiger partial charge >= 0.3 is 13.8 Å². The fraction of sp³-hybridized carbons (Fsp3) is 0.750. The quantitative estimate of drug-likeness (QED) is 0.255. The molecule has 0 aromatic heterocycles. The van der Waals surface area contributed by atoms with Crippen LogP contribution in [-0.4, -0.2) is 45.3 Å². The monoisotopic (exact) mass is 215 g/mol. The number of hydrogen-bond acceptors (Lipinski definition) is 5. The summed E-state index contributed by atoms with van der Waals surface area (Å²) < 4.78 is 14.1. The standard InChI is InChI=1S/C4H10NO7P/c6-2-5-3(4(7)8)1-12-13(9,10)11/h3,5-6H,1-2H2,(H,7,8)(H2,9,10,11). The van der Waals surface area contributed by atoms with Crippen LogP contribution in [0.2, 0.25) is 0 Å². The highest BCUT2D eigenvalue weighted by Crippen LogP contribution is 2.35. The Bertz CT molecular complexity index is 213. The molecule has 1 unspecified atom stereocenters. The third-order valence-electron chi connectivity index (χ3n) is 1.05. The largest absolute Gasteiger partial charge is 0.480 e. The van der Waals surface area contributed by atoms with Crippen LogP contribution >= 0.6 is 7.82 Å². The number of aliphatic hydroxyl groups is 1. The van der Waals surface area contributed by atoms with Crippen LogP contribution in [-0.2, 0) is 13.9 Å². The van der Waals surface area contributed by atoms with E-state index in [1.807, 2.05) is 5.32 Å². The molecule has 0 saturated carbocycles. The predicted octanol–water partition coefficient (Wildman–Crippen LogP) is -1.91. The summed E-state index contributed by atoms with van der Waals surface area (Å²) in [6.45, 7) is -1.35. The van der Waals surface area contributed by atoms with Crippen molar-refractivity contribution in [3.05, 3.63) is 0 Å². The molecule has 0 aromatic rings. The third kappa shape index (κ3) is 6.64. The van der Waals surface area contributed by atoms with Crippen molar-refractivity contribution in [2.75, 3.05) is 13.3 Å². The molecule has 5 N–H and O–H groups in total. The van der Waals surface area contributed by atoms with Crippen molar-refractivity contribution in [2.45, 2.75) is 6.04 Å². The Balaban J connectivity index is 3.97. The highest BCUT2D eigenvalue weighted by Gasteiger charge is 2.22. The Hall–Kier alpha value is -0.500. The van der Waals surface area contributed by atoms with Crippen molar-refractivity contribution in [3.63, 3.8) is 0 Å². The number of rotatable bonds is 6. The molecule has 0 spiro atoms. The maximum Gasteiger partial charge on any atom is 0.469 e. The summed E-state index contributed by atoms with van der Waals surface area (Å²) in [5.41, 5.74) is 0. The Morgan fingerprint density at radius 1 is 1.54 bits per heavy atom. The molecule has 0 amide bonds. The van der Waals surface area contributed by atoms with Gasteiger partial charge in [-0.05, 0) is 0 Å². The lowest BCUT2D eigenvalue weighted by molar-refractivity contribution is -0.140. The minimum atomic E-state index is -4.67. The van der Waals surface area contributed by atoms with Gasteiger partial charge in [-0.3, -0.25) is 14.6 Å². The van der Waals surface area contributed by atoms with E-state index in [2.05, 4.69) is 4.52 Å². The number of carboxylic acid groups (broad SMARTS) is 1. The van der Waals surface area contributed by atoms with Gasteiger partial charge in [-0.2, -0.15) is 0 Å². The maximum atomic E-state index is 10.3. The molecule has 0 aliphatic carbocycles. The van der Waals surface area contributed by atoms with Gasteiger partial charge in [0, 0.05) is 0 Å². The number of carboxylic acids is 1. The number of aliphatic carboxylic acids is 1. The van der Waals surface area contributed by atoms with Crippen molar-refractivity contribution in [3.8, 4) is 0 Å². The first kappa shape index (κ1) is 12.5. The van der Waals surface area contributed by atoms with Crippen molar-refractivity contribution in [1.29, 1.82) is 0 Å². The second kappa shape index (κ2) is 5.28. The molecule has 13 heavy (non-hydrogen) atoms. The Labute approximate surface area is 73.4 Å². The second-order valence-electron chi connectivity index (χ2n) is 2.04. The number of carbonyl (C=O) groups is 1. The molecule has 8 nitrogen and oxygen atoms in total. The van der Waals surface area contributed by atoms with Crippen LogP contribution < -0.4 is 5.32 Å². The SMILES string of the molecule is O=C(O)C(COP(=O)(O)O)NCO. The molecule has 0 radical (unpaired) electrons. The summed E-state index contributed by atoms with van der Waals surface area (Å²) in [5.74, 6) is -1.37. The van der Waals surface area contributed by atoms with Crippen LogP contribution in [0, 0.1) is 0 Å². The van der Waals surface area contributed by atoms with Crippen molar-refractivity contribution >= 4 is 13.8 Å². The molecule has 0 heterocycles. The van der Waals surface area contributed by atoms with Crippen LogP contribution in [0.25, 0.3) is 0 Å². The van der Waals surface area contributed by atoms with Gasteiger partial charge in [0.15, 0.2) is 0 Å². The molecular formula is C4H10NO7P. The van der Waals surface area contributed by atoms with Crippen LogP contribution in [0.4, 0.5) is 0 Å². The molecule has 0 aliphatic rings. The van der Waals surface area contributed by atoms with Crippen LogP contribution in [0.15, 0.2) is 0 Å². The Morgan fingerprint density at radius 3 is 2.38 bits per heavy atom. The molecule has 9 heteroatoms. The normalized spacial score (nSPS) is 14.1. The number of nitrogens with one attached hydrogen (secondary N) is 1. The van der Waals surface area contributed by atoms with Gasteiger partial charge in [0.05, 0.1) is 13.3 Å². The lowest BCUT2D eigenvalue weighted by Crippen LogP contribution is -2.40. The summed E-state index contributed by atoms with van der Waals surface area (Å²) in [5, 5.41) is 18.7. The molecule has 0 rings (SSSR count). The fourth-order valence-electron chi connectivity index (χ4n) is 0.499. The molecule has 1 atom stereocenters. The topological polar surface area (TPSA) is 136 Å². The molecule has 0 saturated heterocycles. The summed E-state index contributed by atoms with van der Waals surface area (Å²) in [4.78, 5) is 26.7. The average Bonchev–Trinajstić information content (AvgIpc) is 1.95. The van der Waals surface area contributed by atoms with Crippen molar-refractivity contribution < 1.29 is 33.9 Å². The van der Waals surface area contributed by atoms with Crippen LogP contribution in [0.3, 0.4) is 0 Å². The minimum absolute atomic E-state index is 0.624. The van der Waals surface area contributed by atoms with E-state index in [-0.39, 0.29) is 0 Å². The molecule has 0 aromatic carbocycles. The maximum absolute atomic E-state index is 10.3. The van der Waals surface area contributed by atoms with E-state index >= 15 is 0 Å². The van der Waals surface area contributed by atoms with Gasteiger partial charge in [-0.15, -0.1) is 0 Å². The predicted molar refractivity (Wildman–Crippen MR) is 39.6 cm³/mol. The highest BCUT2D eigenvalue weighted by atomic mass is 31.2. The number of aliphatic hydroxyl groups excluding tert-OH is 1. The zero-order valence-corrected chi connectivity index (χ0v) is 7.35. The first-order chi connectivity index (χ1) is 5.87. The van der Waals surface area contributed by atoms with Gasteiger partial charge < -0.3 is 20.0 Å². The Morgan fingerprint density at radius 2 is 2.08 bits per heavy atom. The van der Waals surface area contributed by atoms with E-state index in [1.54, 1.807) is 0 Å². The Kier molecular flexibility index (Phi) is 5.07. The van der Waals surface area contributed by atoms with Gasteiger partial charge in [-0.1, -0.05) is 0 Å². The second-order valence-corrected chi connectivity index (χ2v) is 3.28. The molecule has 0 bridgehead atoms. The summed E-state index contributed by atoms with van der Waals surface area (Å²) in [6.07, 6.45) is 0. The zero-order valence-electron chi connectivity index (χ0n) is 6.45. The van der Waals surface area contributed by atoms with Gasteiger partial charge in [0.25, 0.3) is 0 Å². The minimum Gasteiger partial charge on any atom is -0.480 e. The van der Waals surface area contributed by atoms with E-state index in [0.29, 0.717) is 0 Å². The lowest BCUT2D eigenvalue weighted by atomic mass is 10.3. The van der Waals surface area contributed by atoms with E-state index in [1.165, 1.54) is 0 Å². The first-order valence-corrected chi connectivity index (χ1v) is 4.67. The van der Waals surface area contributed by atoms with Gasteiger partial charge in [0.2, 0.25) is 0 Å². The van der Waals surface area contributed by atoms with E-state index in [9.17, 15) is 9.36 Å².